The highest BCUT2D eigenvalue weighted by atomic mass is 16.5. The van der Waals surface area contributed by atoms with Gasteiger partial charge in [-0.05, 0) is 98.0 Å². The zero-order chi connectivity index (χ0) is 18.6. The summed E-state index contributed by atoms with van der Waals surface area (Å²) in [5, 5.41) is 6.08. The van der Waals surface area contributed by atoms with Crippen molar-refractivity contribution in [3.63, 3.8) is 0 Å². The van der Waals surface area contributed by atoms with Crippen molar-refractivity contribution < 1.29 is 4.74 Å². The molecule has 0 bridgehead atoms. The number of fused-ring (bicyclic) bond motifs is 2. The van der Waals surface area contributed by atoms with Crippen molar-refractivity contribution >= 4 is 10.8 Å². The van der Waals surface area contributed by atoms with E-state index in [0.29, 0.717) is 5.92 Å². The van der Waals surface area contributed by atoms with Gasteiger partial charge in [0.15, 0.2) is 0 Å². The van der Waals surface area contributed by atoms with Gasteiger partial charge in [0.1, 0.15) is 11.4 Å². The quantitative estimate of drug-likeness (QED) is 0.671. The van der Waals surface area contributed by atoms with Gasteiger partial charge in [0, 0.05) is 17.5 Å². The van der Waals surface area contributed by atoms with Crippen molar-refractivity contribution in [2.75, 3.05) is 13.1 Å². The number of pyridine rings is 1. The second kappa shape index (κ2) is 6.31. The van der Waals surface area contributed by atoms with E-state index in [1.54, 1.807) is 0 Å². The average molecular weight is 370 g/mol. The lowest BCUT2D eigenvalue weighted by Crippen LogP contribution is -2.48. The van der Waals surface area contributed by atoms with Gasteiger partial charge in [0.2, 0.25) is 0 Å². The Balaban J connectivity index is 1.33. The average Bonchev–Trinajstić information content (AvgIpc) is 3.58. The van der Waals surface area contributed by atoms with E-state index in [2.05, 4.69) is 52.8 Å². The first-order valence-corrected chi connectivity index (χ1v) is 10.7. The maximum absolute atomic E-state index is 6.52. The molecule has 2 aromatic carbocycles. The van der Waals surface area contributed by atoms with Crippen LogP contribution in [-0.4, -0.2) is 23.7 Å². The number of ether oxygens (including phenoxy) is 1. The summed E-state index contributed by atoms with van der Waals surface area (Å²) in [6, 6.07) is 15.8. The SMILES string of the molecule is c1cc2cc(-c3ccc4c(c3)CCC3(CCNCC3)O4)ccc2c(C2CC2)n1. The number of hydrogen-bond donors (Lipinski definition) is 1. The highest BCUT2D eigenvalue weighted by molar-refractivity contribution is 5.89. The van der Waals surface area contributed by atoms with Gasteiger partial charge in [-0.25, -0.2) is 0 Å². The summed E-state index contributed by atoms with van der Waals surface area (Å²) in [7, 11) is 0. The lowest BCUT2D eigenvalue weighted by atomic mass is 9.83. The van der Waals surface area contributed by atoms with Crippen molar-refractivity contribution in [3.8, 4) is 16.9 Å². The highest BCUT2D eigenvalue weighted by Gasteiger charge is 2.37. The predicted molar refractivity (Wildman–Crippen MR) is 113 cm³/mol. The van der Waals surface area contributed by atoms with Gasteiger partial charge in [-0.3, -0.25) is 4.98 Å². The molecule has 3 heterocycles. The standard InChI is InChI=1S/C25H26N2O/c1-2-17(1)24-22-5-3-18(15-20(22)8-12-27-24)19-4-6-23-21(16-19)7-9-25(28-23)10-13-26-14-11-25/h3-6,8,12,15-17,26H,1-2,7,9-11,13-14H2. The molecular weight excluding hydrogens is 344 g/mol. The third-order valence-electron chi connectivity index (χ3n) is 6.84. The van der Waals surface area contributed by atoms with Gasteiger partial charge in [-0.1, -0.05) is 18.2 Å². The fourth-order valence-corrected chi connectivity index (χ4v) is 5.00. The van der Waals surface area contributed by atoms with E-state index >= 15 is 0 Å². The summed E-state index contributed by atoms with van der Waals surface area (Å²) >= 11 is 0. The van der Waals surface area contributed by atoms with Crippen LogP contribution in [0, 0.1) is 0 Å². The predicted octanol–water partition coefficient (Wildman–Crippen LogP) is 5.23. The van der Waals surface area contributed by atoms with Crippen LogP contribution in [-0.2, 0) is 6.42 Å². The van der Waals surface area contributed by atoms with Crippen LogP contribution in [0.2, 0.25) is 0 Å². The second-order valence-corrected chi connectivity index (χ2v) is 8.76. The monoisotopic (exact) mass is 370 g/mol. The van der Waals surface area contributed by atoms with Crippen molar-refractivity contribution in [2.45, 2.75) is 50.0 Å². The normalized spacial score (nSPS) is 20.7. The molecule has 1 saturated heterocycles. The number of nitrogens with one attached hydrogen (secondary N) is 1. The smallest absolute Gasteiger partial charge is 0.123 e. The van der Waals surface area contributed by atoms with E-state index in [4.69, 9.17) is 4.74 Å². The van der Waals surface area contributed by atoms with E-state index in [1.807, 2.05) is 6.20 Å². The fourth-order valence-electron chi connectivity index (χ4n) is 5.00. The van der Waals surface area contributed by atoms with Gasteiger partial charge < -0.3 is 10.1 Å². The molecule has 1 aliphatic carbocycles. The molecule has 3 aromatic rings. The first-order chi connectivity index (χ1) is 13.8. The summed E-state index contributed by atoms with van der Waals surface area (Å²) in [6.45, 7) is 2.14. The van der Waals surface area contributed by atoms with E-state index in [-0.39, 0.29) is 5.60 Å². The summed E-state index contributed by atoms with van der Waals surface area (Å²) in [6.07, 6.45) is 9.05. The lowest BCUT2D eigenvalue weighted by molar-refractivity contribution is 0.0170. The van der Waals surface area contributed by atoms with Crippen LogP contribution < -0.4 is 10.1 Å². The molecule has 6 rings (SSSR count). The van der Waals surface area contributed by atoms with E-state index in [9.17, 15) is 0 Å². The molecular formula is C25H26N2O. The van der Waals surface area contributed by atoms with Gasteiger partial charge in [-0.15, -0.1) is 0 Å². The van der Waals surface area contributed by atoms with Crippen LogP contribution in [0.4, 0.5) is 0 Å². The summed E-state index contributed by atoms with van der Waals surface area (Å²) in [5.74, 6) is 1.77. The minimum absolute atomic E-state index is 0.0644. The Morgan fingerprint density at radius 1 is 0.929 bits per heavy atom. The number of nitrogens with zero attached hydrogens (tertiary/aromatic N) is 1. The molecule has 1 aromatic heterocycles. The number of aromatic nitrogens is 1. The van der Waals surface area contributed by atoms with E-state index < -0.39 is 0 Å². The molecule has 2 aliphatic heterocycles. The molecule has 0 unspecified atom stereocenters. The Bertz CT molecular complexity index is 1050. The molecule has 0 atom stereocenters. The summed E-state index contributed by atoms with van der Waals surface area (Å²) in [4.78, 5) is 4.65. The Kier molecular flexibility index (Phi) is 3.73. The lowest BCUT2D eigenvalue weighted by Gasteiger charge is -2.41. The Morgan fingerprint density at radius 2 is 1.75 bits per heavy atom. The van der Waals surface area contributed by atoms with Crippen molar-refractivity contribution in [1.29, 1.82) is 0 Å². The molecule has 1 spiro atoms. The molecule has 1 N–H and O–H groups in total. The topological polar surface area (TPSA) is 34.1 Å². The molecule has 3 heteroatoms. The minimum atomic E-state index is 0.0644. The van der Waals surface area contributed by atoms with Gasteiger partial charge >= 0.3 is 0 Å². The van der Waals surface area contributed by atoms with Crippen molar-refractivity contribution in [1.82, 2.24) is 10.3 Å². The molecule has 1 saturated carbocycles. The number of aryl methyl sites for hydroxylation is 1. The fraction of sp³-hybridized carbons (Fsp3) is 0.400. The zero-order valence-electron chi connectivity index (χ0n) is 16.2. The first-order valence-electron chi connectivity index (χ1n) is 10.7. The molecule has 28 heavy (non-hydrogen) atoms. The Labute approximate surface area is 166 Å². The molecule has 0 radical (unpaired) electrons. The molecule has 3 aliphatic rings. The number of rotatable bonds is 2. The Morgan fingerprint density at radius 3 is 2.61 bits per heavy atom. The maximum Gasteiger partial charge on any atom is 0.123 e. The minimum Gasteiger partial charge on any atom is -0.487 e. The third-order valence-corrected chi connectivity index (χ3v) is 6.84. The number of piperidine rings is 1. The first kappa shape index (κ1) is 16.6. The zero-order valence-corrected chi connectivity index (χ0v) is 16.2. The molecule has 0 amide bonds. The van der Waals surface area contributed by atoms with Crippen molar-refractivity contribution in [3.05, 3.63) is 59.9 Å². The van der Waals surface area contributed by atoms with Crippen LogP contribution in [0.15, 0.2) is 48.7 Å². The van der Waals surface area contributed by atoms with Crippen LogP contribution in [0.25, 0.3) is 21.9 Å². The maximum atomic E-state index is 6.52. The van der Waals surface area contributed by atoms with Crippen LogP contribution in [0.5, 0.6) is 5.75 Å². The third kappa shape index (κ3) is 2.80. The second-order valence-electron chi connectivity index (χ2n) is 8.76. The van der Waals surface area contributed by atoms with Gasteiger partial charge in [0.05, 0.1) is 5.69 Å². The highest BCUT2D eigenvalue weighted by Crippen LogP contribution is 2.43. The van der Waals surface area contributed by atoms with E-state index in [0.717, 1.165) is 44.5 Å². The molecule has 142 valence electrons. The largest absolute Gasteiger partial charge is 0.487 e. The van der Waals surface area contributed by atoms with Crippen LogP contribution in [0.3, 0.4) is 0 Å². The number of benzene rings is 2. The summed E-state index contributed by atoms with van der Waals surface area (Å²) < 4.78 is 6.52. The Hall–Kier alpha value is -2.39. The summed E-state index contributed by atoms with van der Waals surface area (Å²) in [5.41, 5.74) is 5.28. The van der Waals surface area contributed by atoms with Crippen molar-refractivity contribution in [2.24, 2.45) is 0 Å². The van der Waals surface area contributed by atoms with Gasteiger partial charge in [-0.2, -0.15) is 0 Å². The number of hydrogen-bond acceptors (Lipinski definition) is 3. The van der Waals surface area contributed by atoms with Crippen LogP contribution in [0.1, 0.15) is 49.3 Å². The van der Waals surface area contributed by atoms with Crippen LogP contribution >= 0.6 is 0 Å². The molecule has 3 nitrogen and oxygen atoms in total. The van der Waals surface area contributed by atoms with Gasteiger partial charge in [0.25, 0.3) is 0 Å². The van der Waals surface area contributed by atoms with E-state index in [1.165, 1.54) is 46.0 Å². The molecule has 2 fully saturated rings.